The van der Waals surface area contributed by atoms with Crippen LogP contribution in [0.4, 0.5) is 0 Å². The van der Waals surface area contributed by atoms with Crippen molar-refractivity contribution in [3.05, 3.63) is 70.2 Å². The summed E-state index contributed by atoms with van der Waals surface area (Å²) in [5, 5.41) is 10.9. The van der Waals surface area contributed by atoms with Crippen molar-refractivity contribution >= 4 is 17.4 Å². The van der Waals surface area contributed by atoms with E-state index in [-0.39, 0.29) is 17.8 Å². The van der Waals surface area contributed by atoms with Gasteiger partial charge in [0.1, 0.15) is 0 Å². The van der Waals surface area contributed by atoms with E-state index in [9.17, 15) is 9.90 Å². The summed E-state index contributed by atoms with van der Waals surface area (Å²) in [6, 6.07) is 15.8. The van der Waals surface area contributed by atoms with Gasteiger partial charge in [-0.15, -0.1) is 0 Å². The van der Waals surface area contributed by atoms with Gasteiger partial charge in [-0.3, -0.25) is 9.69 Å². The molecular weight excluding hydrogens is 346 g/mol. The molecule has 0 aliphatic carbocycles. The predicted octanol–water partition coefficient (Wildman–Crippen LogP) is 4.36. The molecule has 0 saturated carbocycles. The molecule has 0 spiro atoms. The van der Waals surface area contributed by atoms with Gasteiger partial charge in [0.15, 0.2) is 5.78 Å². The number of aliphatic hydroxyl groups excluding tert-OH is 1. The largest absolute Gasteiger partial charge is 0.396 e. The number of hydrogen-bond acceptors (Lipinski definition) is 3. The van der Waals surface area contributed by atoms with Gasteiger partial charge >= 0.3 is 0 Å². The van der Waals surface area contributed by atoms with Crippen LogP contribution in [0.15, 0.2) is 48.5 Å². The van der Waals surface area contributed by atoms with Crippen LogP contribution >= 0.6 is 11.6 Å². The van der Waals surface area contributed by atoms with Crippen LogP contribution in [0.1, 0.15) is 41.3 Å². The molecule has 1 fully saturated rings. The van der Waals surface area contributed by atoms with Gasteiger partial charge in [-0.25, -0.2) is 0 Å². The molecule has 1 aliphatic rings. The Balaban J connectivity index is 1.72. The van der Waals surface area contributed by atoms with Crippen LogP contribution in [-0.4, -0.2) is 35.5 Å². The van der Waals surface area contributed by atoms with Crippen LogP contribution in [0.3, 0.4) is 0 Å². The lowest BCUT2D eigenvalue weighted by Crippen LogP contribution is -2.46. The fourth-order valence-corrected chi connectivity index (χ4v) is 4.21. The van der Waals surface area contributed by atoms with Crippen LogP contribution in [0.2, 0.25) is 5.02 Å². The zero-order valence-corrected chi connectivity index (χ0v) is 16.0. The van der Waals surface area contributed by atoms with Crippen molar-refractivity contribution in [3.8, 4) is 0 Å². The first-order chi connectivity index (χ1) is 12.5. The van der Waals surface area contributed by atoms with E-state index in [2.05, 4.69) is 17.0 Å². The molecule has 4 heteroatoms. The molecule has 1 N–H and O–H groups in total. The van der Waals surface area contributed by atoms with Gasteiger partial charge in [0.05, 0.1) is 6.61 Å². The predicted molar refractivity (Wildman–Crippen MR) is 106 cm³/mol. The lowest BCUT2D eigenvalue weighted by atomic mass is 9.75. The maximum atomic E-state index is 11.6. The Hall–Kier alpha value is -1.68. The minimum absolute atomic E-state index is 0.0937. The first kappa shape index (κ1) is 19.1. The number of ketones is 1. The molecule has 2 aromatic rings. The SMILES string of the molecule is CC(=O)c1cccc(CN2CCCC(CO)(Cc3cccc(Cl)c3)C2)c1. The fraction of sp³-hybridized carbons (Fsp3) is 0.409. The van der Waals surface area contributed by atoms with Gasteiger partial charge in [-0.1, -0.05) is 41.9 Å². The summed E-state index contributed by atoms with van der Waals surface area (Å²) in [5.74, 6) is 0.0937. The third-order valence-electron chi connectivity index (χ3n) is 5.28. The van der Waals surface area contributed by atoms with Gasteiger partial charge in [0.25, 0.3) is 0 Å². The highest BCUT2D eigenvalue weighted by Gasteiger charge is 2.35. The molecule has 3 rings (SSSR count). The molecule has 0 amide bonds. The van der Waals surface area contributed by atoms with E-state index in [1.807, 2.05) is 36.4 Å². The molecule has 138 valence electrons. The van der Waals surface area contributed by atoms with Crippen molar-refractivity contribution in [2.75, 3.05) is 19.7 Å². The molecule has 1 unspecified atom stereocenters. The van der Waals surface area contributed by atoms with E-state index in [1.165, 1.54) is 5.56 Å². The van der Waals surface area contributed by atoms with Crippen molar-refractivity contribution in [1.29, 1.82) is 0 Å². The van der Waals surface area contributed by atoms with E-state index in [4.69, 9.17) is 11.6 Å². The molecule has 0 aromatic heterocycles. The minimum atomic E-state index is -0.138. The summed E-state index contributed by atoms with van der Waals surface area (Å²) in [4.78, 5) is 14.0. The minimum Gasteiger partial charge on any atom is -0.396 e. The number of hydrogen-bond donors (Lipinski definition) is 1. The highest BCUT2D eigenvalue weighted by Crippen LogP contribution is 2.34. The normalized spacial score (nSPS) is 20.9. The van der Waals surface area contributed by atoms with Crippen molar-refractivity contribution in [2.24, 2.45) is 5.41 Å². The van der Waals surface area contributed by atoms with E-state index in [0.717, 1.165) is 55.0 Å². The number of carbonyl (C=O) groups is 1. The summed E-state index contributed by atoms with van der Waals surface area (Å²) < 4.78 is 0. The van der Waals surface area contributed by atoms with Gasteiger partial charge in [0.2, 0.25) is 0 Å². The number of Topliss-reactive ketones (excluding diaryl/α,β-unsaturated/α-hetero) is 1. The molecule has 1 heterocycles. The Bertz CT molecular complexity index is 776. The van der Waals surface area contributed by atoms with Crippen molar-refractivity contribution < 1.29 is 9.90 Å². The number of rotatable bonds is 6. The second-order valence-corrected chi connectivity index (χ2v) is 7.97. The molecule has 0 radical (unpaired) electrons. The molecule has 1 aliphatic heterocycles. The highest BCUT2D eigenvalue weighted by molar-refractivity contribution is 6.30. The fourth-order valence-electron chi connectivity index (χ4n) is 4.00. The quantitative estimate of drug-likeness (QED) is 0.767. The topological polar surface area (TPSA) is 40.5 Å². The van der Waals surface area contributed by atoms with Crippen molar-refractivity contribution in [1.82, 2.24) is 4.90 Å². The van der Waals surface area contributed by atoms with E-state index in [0.29, 0.717) is 0 Å². The van der Waals surface area contributed by atoms with Crippen molar-refractivity contribution in [2.45, 2.75) is 32.7 Å². The van der Waals surface area contributed by atoms with Gasteiger partial charge in [0, 0.05) is 29.1 Å². The maximum Gasteiger partial charge on any atom is 0.159 e. The second kappa shape index (κ2) is 8.34. The molecule has 3 nitrogen and oxygen atoms in total. The van der Waals surface area contributed by atoms with Crippen LogP contribution < -0.4 is 0 Å². The number of benzene rings is 2. The third kappa shape index (κ3) is 4.73. The monoisotopic (exact) mass is 371 g/mol. The van der Waals surface area contributed by atoms with Crippen LogP contribution in [0, 0.1) is 5.41 Å². The van der Waals surface area contributed by atoms with Gasteiger partial charge in [-0.2, -0.15) is 0 Å². The van der Waals surface area contributed by atoms with E-state index >= 15 is 0 Å². The molecule has 2 aromatic carbocycles. The first-order valence-electron chi connectivity index (χ1n) is 9.17. The van der Waals surface area contributed by atoms with E-state index < -0.39 is 0 Å². The number of likely N-dealkylation sites (tertiary alicyclic amines) is 1. The van der Waals surface area contributed by atoms with Crippen LogP contribution in [0.25, 0.3) is 0 Å². The maximum absolute atomic E-state index is 11.6. The van der Waals surface area contributed by atoms with Gasteiger partial charge < -0.3 is 5.11 Å². The Kier molecular flexibility index (Phi) is 6.13. The lowest BCUT2D eigenvalue weighted by Gasteiger charge is -2.42. The molecule has 0 bridgehead atoms. The Morgan fingerprint density at radius 2 is 1.96 bits per heavy atom. The summed E-state index contributed by atoms with van der Waals surface area (Å²) in [5.41, 5.74) is 2.94. The Morgan fingerprint density at radius 1 is 1.19 bits per heavy atom. The number of piperidine rings is 1. The first-order valence-corrected chi connectivity index (χ1v) is 9.55. The summed E-state index contributed by atoms with van der Waals surface area (Å²) in [6.07, 6.45) is 2.90. The summed E-state index contributed by atoms with van der Waals surface area (Å²) in [6.45, 7) is 4.44. The molecule has 1 atom stereocenters. The molecule has 26 heavy (non-hydrogen) atoms. The Morgan fingerprint density at radius 3 is 2.69 bits per heavy atom. The second-order valence-electron chi connectivity index (χ2n) is 7.54. The highest BCUT2D eigenvalue weighted by atomic mass is 35.5. The number of nitrogens with zero attached hydrogens (tertiary/aromatic N) is 1. The average molecular weight is 372 g/mol. The summed E-state index contributed by atoms with van der Waals surface area (Å²) in [7, 11) is 0. The number of carbonyl (C=O) groups excluding carboxylic acids is 1. The lowest BCUT2D eigenvalue weighted by molar-refractivity contribution is 0.0288. The van der Waals surface area contributed by atoms with E-state index in [1.54, 1.807) is 6.92 Å². The van der Waals surface area contributed by atoms with Crippen LogP contribution in [-0.2, 0) is 13.0 Å². The molecular formula is C22H26ClNO2. The summed E-state index contributed by atoms with van der Waals surface area (Å²) >= 11 is 6.13. The zero-order chi connectivity index (χ0) is 18.6. The zero-order valence-electron chi connectivity index (χ0n) is 15.2. The molecule has 1 saturated heterocycles. The third-order valence-corrected chi connectivity index (χ3v) is 5.52. The average Bonchev–Trinajstić information content (AvgIpc) is 2.62. The smallest absolute Gasteiger partial charge is 0.159 e. The van der Waals surface area contributed by atoms with Crippen LogP contribution in [0.5, 0.6) is 0 Å². The Labute approximate surface area is 160 Å². The van der Waals surface area contributed by atoms with Gasteiger partial charge in [-0.05, 0) is 62.1 Å². The number of halogens is 1. The van der Waals surface area contributed by atoms with Crippen molar-refractivity contribution in [3.63, 3.8) is 0 Å². The number of aliphatic hydroxyl groups is 1. The standard InChI is InChI=1S/C22H26ClNO2/c1-17(26)20-7-2-6-19(11-20)14-24-10-4-9-22(15-24,16-25)13-18-5-3-8-21(23)12-18/h2-3,5-8,11-12,25H,4,9-10,13-16H2,1H3.